The first-order chi connectivity index (χ1) is 12.5. The average Bonchev–Trinajstić information content (AvgIpc) is 3.50. The molecule has 1 saturated heterocycles. The van der Waals surface area contributed by atoms with Crippen molar-refractivity contribution in [3.05, 3.63) is 29.8 Å². The fourth-order valence-corrected chi connectivity index (χ4v) is 3.60. The summed E-state index contributed by atoms with van der Waals surface area (Å²) < 4.78 is 5.22. The number of ether oxygens (including phenoxy) is 1. The van der Waals surface area contributed by atoms with Gasteiger partial charge in [-0.15, -0.1) is 0 Å². The molecule has 1 heterocycles. The van der Waals surface area contributed by atoms with Crippen LogP contribution in [0.25, 0.3) is 0 Å². The Balaban J connectivity index is 1.58. The molecule has 1 atom stereocenters. The zero-order valence-corrected chi connectivity index (χ0v) is 15.9. The Morgan fingerprint density at radius 3 is 2.23 bits per heavy atom. The Kier molecular flexibility index (Phi) is 5.69. The minimum atomic E-state index is -0.0132. The third-order valence-corrected chi connectivity index (χ3v) is 5.38. The van der Waals surface area contributed by atoms with Crippen molar-refractivity contribution >= 4 is 11.9 Å². The maximum absolute atomic E-state index is 12.8. The topological polar surface area (TPSA) is 61.9 Å². The number of urea groups is 1. The SMILES string of the molecule is COc1ccc([C@H](NC(=O)C2CCN(C(=O)N(C)C)CC2)C2CC2)cc1. The van der Waals surface area contributed by atoms with Crippen molar-refractivity contribution in [2.45, 2.75) is 31.7 Å². The van der Waals surface area contributed by atoms with E-state index in [1.807, 2.05) is 29.2 Å². The molecule has 1 aromatic rings. The Morgan fingerprint density at radius 1 is 1.12 bits per heavy atom. The third-order valence-electron chi connectivity index (χ3n) is 5.38. The van der Waals surface area contributed by atoms with Crippen molar-refractivity contribution in [2.24, 2.45) is 11.8 Å². The number of hydrogen-bond acceptors (Lipinski definition) is 3. The minimum absolute atomic E-state index is 0.0132. The standard InChI is InChI=1S/C20H29N3O3/c1-22(2)20(25)23-12-10-16(11-13-23)19(24)21-18(14-4-5-14)15-6-8-17(26-3)9-7-15/h6-9,14,16,18H,4-5,10-13H2,1-3H3,(H,21,24)/t18-/m1/s1. The summed E-state index contributed by atoms with van der Waals surface area (Å²) in [5.41, 5.74) is 1.14. The predicted octanol–water partition coefficient (Wildman–Crippen LogP) is 2.66. The largest absolute Gasteiger partial charge is 0.497 e. The van der Waals surface area contributed by atoms with E-state index >= 15 is 0 Å². The first-order valence-electron chi connectivity index (χ1n) is 9.40. The van der Waals surface area contributed by atoms with E-state index in [-0.39, 0.29) is 23.9 Å². The van der Waals surface area contributed by atoms with Crippen LogP contribution in [0.3, 0.4) is 0 Å². The van der Waals surface area contributed by atoms with E-state index in [1.165, 1.54) is 0 Å². The van der Waals surface area contributed by atoms with Crippen molar-refractivity contribution < 1.29 is 14.3 Å². The maximum Gasteiger partial charge on any atom is 0.319 e. The Hall–Kier alpha value is -2.24. The van der Waals surface area contributed by atoms with Gasteiger partial charge in [-0.2, -0.15) is 0 Å². The van der Waals surface area contributed by atoms with Gasteiger partial charge in [0.2, 0.25) is 5.91 Å². The summed E-state index contributed by atoms with van der Waals surface area (Å²) in [6.07, 6.45) is 3.77. The Bertz CT molecular complexity index is 632. The molecule has 2 fully saturated rings. The Morgan fingerprint density at radius 2 is 1.73 bits per heavy atom. The summed E-state index contributed by atoms with van der Waals surface area (Å²) in [5.74, 6) is 1.46. The van der Waals surface area contributed by atoms with Crippen LogP contribution in [-0.4, -0.2) is 56.0 Å². The van der Waals surface area contributed by atoms with Gasteiger partial charge in [-0.05, 0) is 49.3 Å². The first kappa shape index (κ1) is 18.5. The second-order valence-electron chi connectivity index (χ2n) is 7.54. The number of nitrogens with zero attached hydrogens (tertiary/aromatic N) is 2. The van der Waals surface area contributed by atoms with Crippen LogP contribution in [0.2, 0.25) is 0 Å². The fraction of sp³-hybridized carbons (Fsp3) is 0.600. The summed E-state index contributed by atoms with van der Waals surface area (Å²) in [6.45, 7) is 1.29. The lowest BCUT2D eigenvalue weighted by atomic mass is 9.94. The fourth-order valence-electron chi connectivity index (χ4n) is 3.60. The van der Waals surface area contributed by atoms with Gasteiger partial charge in [0.05, 0.1) is 13.2 Å². The van der Waals surface area contributed by atoms with Crippen molar-refractivity contribution in [3.8, 4) is 5.75 Å². The number of carbonyl (C=O) groups is 2. The van der Waals surface area contributed by atoms with Gasteiger partial charge in [0.1, 0.15) is 5.75 Å². The zero-order chi connectivity index (χ0) is 18.7. The van der Waals surface area contributed by atoms with Gasteiger partial charge in [0, 0.05) is 33.1 Å². The smallest absolute Gasteiger partial charge is 0.319 e. The van der Waals surface area contributed by atoms with Crippen LogP contribution in [0.4, 0.5) is 4.79 Å². The molecular formula is C20H29N3O3. The van der Waals surface area contributed by atoms with Gasteiger partial charge in [0.15, 0.2) is 0 Å². The normalized spacial score (nSPS) is 19.0. The van der Waals surface area contributed by atoms with Crippen molar-refractivity contribution in [1.82, 2.24) is 15.1 Å². The van der Waals surface area contributed by atoms with Crippen molar-refractivity contribution in [2.75, 3.05) is 34.3 Å². The summed E-state index contributed by atoms with van der Waals surface area (Å²) in [7, 11) is 5.18. The monoisotopic (exact) mass is 359 g/mol. The molecule has 142 valence electrons. The highest BCUT2D eigenvalue weighted by atomic mass is 16.5. The molecule has 0 unspecified atom stereocenters. The number of benzene rings is 1. The molecule has 6 nitrogen and oxygen atoms in total. The molecule has 1 aliphatic heterocycles. The highest BCUT2D eigenvalue weighted by Gasteiger charge is 2.35. The lowest BCUT2D eigenvalue weighted by Gasteiger charge is -2.33. The molecule has 0 bridgehead atoms. The van der Waals surface area contributed by atoms with Crippen LogP contribution in [0.5, 0.6) is 5.75 Å². The molecule has 3 amide bonds. The summed E-state index contributed by atoms with van der Waals surface area (Å²) in [6, 6.07) is 8.08. The third kappa shape index (κ3) is 4.29. The number of amides is 3. The van der Waals surface area contributed by atoms with Gasteiger partial charge < -0.3 is 19.9 Å². The van der Waals surface area contributed by atoms with E-state index in [0.717, 1.165) is 37.0 Å². The van der Waals surface area contributed by atoms with Gasteiger partial charge in [-0.25, -0.2) is 4.79 Å². The second-order valence-corrected chi connectivity index (χ2v) is 7.54. The molecule has 0 aromatic heterocycles. The first-order valence-corrected chi connectivity index (χ1v) is 9.40. The van der Waals surface area contributed by atoms with E-state index in [2.05, 4.69) is 5.32 Å². The number of rotatable bonds is 5. The molecule has 6 heteroatoms. The van der Waals surface area contributed by atoms with Crippen LogP contribution < -0.4 is 10.1 Å². The molecule has 0 radical (unpaired) electrons. The van der Waals surface area contributed by atoms with Crippen LogP contribution in [0, 0.1) is 11.8 Å². The van der Waals surface area contributed by atoms with E-state index in [9.17, 15) is 9.59 Å². The van der Waals surface area contributed by atoms with Gasteiger partial charge in [-0.3, -0.25) is 4.79 Å². The van der Waals surface area contributed by atoms with Crippen LogP contribution in [0.1, 0.15) is 37.3 Å². The summed E-state index contributed by atoms with van der Waals surface area (Å²) >= 11 is 0. The van der Waals surface area contributed by atoms with Crippen LogP contribution in [0.15, 0.2) is 24.3 Å². The maximum atomic E-state index is 12.8. The summed E-state index contributed by atoms with van der Waals surface area (Å²) in [5, 5.41) is 3.28. The average molecular weight is 359 g/mol. The minimum Gasteiger partial charge on any atom is -0.497 e. The highest BCUT2D eigenvalue weighted by Crippen LogP contribution is 2.41. The van der Waals surface area contributed by atoms with Crippen LogP contribution >= 0.6 is 0 Å². The quantitative estimate of drug-likeness (QED) is 0.879. The van der Waals surface area contributed by atoms with E-state index in [1.54, 1.807) is 26.1 Å². The molecule has 1 aliphatic carbocycles. The molecule has 1 saturated carbocycles. The molecule has 1 N–H and O–H groups in total. The number of nitrogens with one attached hydrogen (secondary N) is 1. The summed E-state index contributed by atoms with van der Waals surface area (Å²) in [4.78, 5) is 28.2. The molecule has 1 aromatic carbocycles. The Labute approximate surface area is 155 Å². The predicted molar refractivity (Wildman–Crippen MR) is 100.0 cm³/mol. The second kappa shape index (κ2) is 7.98. The molecule has 2 aliphatic rings. The number of methoxy groups -OCH3 is 1. The van der Waals surface area contributed by atoms with E-state index in [0.29, 0.717) is 19.0 Å². The van der Waals surface area contributed by atoms with Gasteiger partial charge >= 0.3 is 6.03 Å². The lowest BCUT2D eigenvalue weighted by Crippen LogP contribution is -2.47. The van der Waals surface area contributed by atoms with Gasteiger partial charge in [-0.1, -0.05) is 12.1 Å². The molecule has 26 heavy (non-hydrogen) atoms. The molecule has 0 spiro atoms. The molecule has 3 rings (SSSR count). The number of piperidine rings is 1. The number of hydrogen-bond donors (Lipinski definition) is 1. The van der Waals surface area contributed by atoms with Gasteiger partial charge in [0.25, 0.3) is 0 Å². The molecular weight excluding hydrogens is 330 g/mol. The highest BCUT2D eigenvalue weighted by molar-refractivity contribution is 5.80. The van der Waals surface area contributed by atoms with E-state index in [4.69, 9.17) is 4.74 Å². The van der Waals surface area contributed by atoms with Crippen molar-refractivity contribution in [3.63, 3.8) is 0 Å². The van der Waals surface area contributed by atoms with Crippen LogP contribution in [-0.2, 0) is 4.79 Å². The zero-order valence-electron chi connectivity index (χ0n) is 15.9. The van der Waals surface area contributed by atoms with Crippen molar-refractivity contribution in [1.29, 1.82) is 0 Å². The number of likely N-dealkylation sites (tertiary alicyclic amines) is 1. The van der Waals surface area contributed by atoms with E-state index < -0.39 is 0 Å². The lowest BCUT2D eigenvalue weighted by molar-refractivity contribution is -0.127. The number of carbonyl (C=O) groups excluding carboxylic acids is 2.